The fourth-order valence-corrected chi connectivity index (χ4v) is 5.52. The van der Waals surface area contributed by atoms with Crippen LogP contribution in [0.2, 0.25) is 0 Å². The van der Waals surface area contributed by atoms with Gasteiger partial charge in [0.15, 0.2) is 5.17 Å². The van der Waals surface area contributed by atoms with Crippen molar-refractivity contribution in [2.45, 2.75) is 46.6 Å². The summed E-state index contributed by atoms with van der Waals surface area (Å²) in [7, 11) is 0. The normalized spacial score (nSPS) is 20.2. The Kier molecular flexibility index (Phi) is 6.29. The van der Waals surface area contributed by atoms with Gasteiger partial charge in [0.25, 0.3) is 5.91 Å². The lowest BCUT2D eigenvalue weighted by Gasteiger charge is -2.43. The number of thioether (sulfide) groups is 1. The first-order valence-corrected chi connectivity index (χ1v) is 12.1. The third kappa shape index (κ3) is 4.26. The maximum Gasteiger partial charge on any atom is 0.266 e. The van der Waals surface area contributed by atoms with E-state index in [0.717, 1.165) is 29.4 Å². The summed E-state index contributed by atoms with van der Waals surface area (Å²) in [6.45, 7) is 12.5. The lowest BCUT2D eigenvalue weighted by molar-refractivity contribution is -0.122. The molecule has 0 radical (unpaired) electrons. The predicted molar refractivity (Wildman–Crippen MR) is 138 cm³/mol. The smallest absolute Gasteiger partial charge is 0.266 e. The Morgan fingerprint density at radius 3 is 2.53 bits per heavy atom. The number of hydrogen-bond donors (Lipinski definition) is 0. The second kappa shape index (κ2) is 8.99. The number of likely N-dealkylation sites (N-methyl/N-ethyl adjacent to an activating group) is 1. The van der Waals surface area contributed by atoms with Crippen molar-refractivity contribution in [3.63, 3.8) is 0 Å². The number of carbonyl (C=O) groups excluding carboxylic acids is 1. The highest BCUT2D eigenvalue weighted by Crippen LogP contribution is 2.40. The molecule has 4 nitrogen and oxygen atoms in total. The molecule has 2 aromatic carbocycles. The molecule has 0 saturated carbocycles. The lowest BCUT2D eigenvalue weighted by Crippen LogP contribution is -2.45. The highest BCUT2D eigenvalue weighted by Gasteiger charge is 2.33. The van der Waals surface area contributed by atoms with Crippen LogP contribution in [0.15, 0.2) is 64.5 Å². The number of fused-ring (bicyclic) bond motifs is 1. The number of benzene rings is 2. The van der Waals surface area contributed by atoms with E-state index in [1.54, 1.807) is 4.90 Å². The summed E-state index contributed by atoms with van der Waals surface area (Å²) < 4.78 is 0. The third-order valence-corrected chi connectivity index (χ3v) is 6.94. The number of amides is 1. The molecule has 1 amide bonds. The van der Waals surface area contributed by atoms with Crippen LogP contribution in [-0.2, 0) is 4.79 Å². The summed E-state index contributed by atoms with van der Waals surface area (Å²) in [6.07, 6.45) is 5.45. The minimum Gasteiger partial charge on any atom is -0.362 e. The molecule has 1 fully saturated rings. The molecule has 2 aromatic rings. The highest BCUT2D eigenvalue weighted by molar-refractivity contribution is 8.18. The van der Waals surface area contributed by atoms with Crippen molar-refractivity contribution in [2.75, 3.05) is 18.0 Å². The first kappa shape index (κ1) is 22.4. The molecule has 0 aromatic heterocycles. The molecule has 32 heavy (non-hydrogen) atoms. The average Bonchev–Trinajstić information content (AvgIpc) is 3.05. The molecule has 1 saturated heterocycles. The van der Waals surface area contributed by atoms with E-state index in [9.17, 15) is 4.79 Å². The Morgan fingerprint density at radius 1 is 1.09 bits per heavy atom. The second-order valence-corrected chi connectivity index (χ2v) is 9.81. The SMILES string of the molecule is CCCN1c2ccc(/C=C3/SC(=Nc4ccccc4)N(CC)C3=O)cc2C(C)=CC1(C)C. The summed E-state index contributed by atoms with van der Waals surface area (Å²) >= 11 is 1.45. The molecule has 0 unspecified atom stereocenters. The van der Waals surface area contributed by atoms with Crippen molar-refractivity contribution in [1.29, 1.82) is 0 Å². The highest BCUT2D eigenvalue weighted by atomic mass is 32.2. The maximum absolute atomic E-state index is 13.1. The van der Waals surface area contributed by atoms with Crippen molar-refractivity contribution in [3.8, 4) is 0 Å². The topological polar surface area (TPSA) is 35.9 Å². The first-order chi connectivity index (χ1) is 15.3. The summed E-state index contributed by atoms with van der Waals surface area (Å²) in [6, 6.07) is 16.3. The van der Waals surface area contributed by atoms with E-state index in [1.165, 1.54) is 28.6 Å². The van der Waals surface area contributed by atoms with E-state index in [4.69, 9.17) is 4.99 Å². The molecule has 0 N–H and O–H groups in total. The fraction of sp³-hybridized carbons (Fsp3) is 0.333. The van der Waals surface area contributed by atoms with E-state index in [1.807, 2.05) is 43.3 Å². The lowest BCUT2D eigenvalue weighted by atomic mass is 9.88. The van der Waals surface area contributed by atoms with E-state index >= 15 is 0 Å². The molecular formula is C27H31N3OS. The van der Waals surface area contributed by atoms with E-state index < -0.39 is 0 Å². The van der Waals surface area contributed by atoms with Crippen LogP contribution in [0.25, 0.3) is 11.6 Å². The van der Waals surface area contributed by atoms with Gasteiger partial charge in [-0.1, -0.05) is 37.3 Å². The van der Waals surface area contributed by atoms with Crippen LogP contribution in [0.4, 0.5) is 11.4 Å². The van der Waals surface area contributed by atoms with Gasteiger partial charge >= 0.3 is 0 Å². The summed E-state index contributed by atoms with van der Waals surface area (Å²) in [5.74, 6) is 0.0194. The molecule has 2 heterocycles. The molecular weight excluding hydrogens is 414 g/mol. The van der Waals surface area contributed by atoms with Gasteiger partial charge in [-0.2, -0.15) is 0 Å². The van der Waals surface area contributed by atoms with Crippen LogP contribution in [0, 0.1) is 0 Å². The molecule has 166 valence electrons. The minimum absolute atomic E-state index is 0.00518. The predicted octanol–water partition coefficient (Wildman–Crippen LogP) is 6.72. The number of amidine groups is 1. The molecule has 0 atom stereocenters. The number of para-hydroxylation sites is 1. The van der Waals surface area contributed by atoms with Crippen LogP contribution in [0.3, 0.4) is 0 Å². The first-order valence-electron chi connectivity index (χ1n) is 11.3. The molecule has 2 aliphatic rings. The quantitative estimate of drug-likeness (QED) is 0.479. The molecule has 4 rings (SSSR count). The van der Waals surface area contributed by atoms with Gasteiger partial charge in [-0.3, -0.25) is 9.69 Å². The maximum atomic E-state index is 13.1. The number of rotatable bonds is 5. The van der Waals surface area contributed by atoms with Gasteiger partial charge in [-0.15, -0.1) is 0 Å². The molecule has 2 aliphatic heterocycles. The Labute approximate surface area is 195 Å². The van der Waals surface area contributed by atoms with Gasteiger partial charge in [0.05, 0.1) is 16.1 Å². The standard InChI is InChI=1S/C27H31N3OS/c1-6-15-30-23-14-13-20(16-22(23)19(3)18-27(30,4)5)17-24-25(31)29(7-2)26(32-24)28-21-11-9-8-10-12-21/h8-14,16-18H,6-7,15H2,1-5H3/b24-17+,28-26?. The van der Waals surface area contributed by atoms with Crippen LogP contribution >= 0.6 is 11.8 Å². The Balaban J connectivity index is 1.68. The fourth-order valence-electron chi connectivity index (χ4n) is 4.46. The third-order valence-electron chi connectivity index (χ3n) is 5.93. The van der Waals surface area contributed by atoms with Crippen LogP contribution in [0.5, 0.6) is 0 Å². The molecule has 0 aliphatic carbocycles. The van der Waals surface area contributed by atoms with E-state index in [-0.39, 0.29) is 11.4 Å². The number of aliphatic imine (C=N–C) groups is 1. The summed E-state index contributed by atoms with van der Waals surface area (Å²) in [5.41, 5.74) is 5.69. The zero-order valence-corrected chi connectivity index (χ0v) is 20.4. The molecule has 0 bridgehead atoms. The number of nitrogens with zero attached hydrogens (tertiary/aromatic N) is 3. The van der Waals surface area contributed by atoms with Gasteiger partial charge in [0.2, 0.25) is 0 Å². The van der Waals surface area contributed by atoms with E-state index in [0.29, 0.717) is 11.4 Å². The van der Waals surface area contributed by atoms with Crippen molar-refractivity contribution >= 4 is 45.9 Å². The van der Waals surface area contributed by atoms with E-state index in [2.05, 4.69) is 56.9 Å². The van der Waals surface area contributed by atoms with Gasteiger partial charge in [-0.05, 0) is 87.4 Å². The Morgan fingerprint density at radius 2 is 1.84 bits per heavy atom. The van der Waals surface area contributed by atoms with Crippen LogP contribution in [-0.4, -0.2) is 34.6 Å². The Hall–Kier alpha value is -2.79. The number of allylic oxidation sites excluding steroid dienone is 1. The largest absolute Gasteiger partial charge is 0.362 e. The zero-order chi connectivity index (χ0) is 22.9. The van der Waals surface area contributed by atoms with Gasteiger partial charge in [-0.25, -0.2) is 4.99 Å². The van der Waals surface area contributed by atoms with Crippen molar-refractivity contribution in [1.82, 2.24) is 4.90 Å². The van der Waals surface area contributed by atoms with Gasteiger partial charge < -0.3 is 4.90 Å². The zero-order valence-electron chi connectivity index (χ0n) is 19.6. The van der Waals surface area contributed by atoms with Crippen molar-refractivity contribution < 1.29 is 4.79 Å². The number of hydrogen-bond acceptors (Lipinski definition) is 4. The number of anilines is 1. The number of carbonyl (C=O) groups is 1. The summed E-state index contributed by atoms with van der Waals surface area (Å²) in [4.78, 5) is 22.7. The van der Waals surface area contributed by atoms with Crippen molar-refractivity contribution in [3.05, 3.63) is 70.6 Å². The van der Waals surface area contributed by atoms with Crippen molar-refractivity contribution in [2.24, 2.45) is 4.99 Å². The minimum atomic E-state index is -0.00518. The summed E-state index contributed by atoms with van der Waals surface area (Å²) in [5, 5.41) is 0.736. The average molecular weight is 446 g/mol. The van der Waals surface area contributed by atoms with Gasteiger partial charge in [0, 0.05) is 24.3 Å². The van der Waals surface area contributed by atoms with Gasteiger partial charge in [0.1, 0.15) is 0 Å². The molecule has 0 spiro atoms. The monoisotopic (exact) mass is 445 g/mol. The Bertz CT molecular complexity index is 1110. The molecule has 5 heteroatoms. The second-order valence-electron chi connectivity index (χ2n) is 8.80. The van der Waals surface area contributed by atoms with Crippen LogP contribution in [0.1, 0.15) is 52.2 Å². The van der Waals surface area contributed by atoms with Crippen LogP contribution < -0.4 is 4.90 Å².